The molecule has 1 fully saturated rings. The van der Waals surface area contributed by atoms with Crippen LogP contribution in [-0.2, 0) is 4.74 Å². The van der Waals surface area contributed by atoms with E-state index in [1.165, 1.54) is 18.2 Å². The summed E-state index contributed by atoms with van der Waals surface area (Å²) < 4.78 is 34.0. The number of carbonyl (C=O) groups excluding carboxylic acids is 1. The number of benzene rings is 1. The second kappa shape index (κ2) is 7.17. The van der Waals surface area contributed by atoms with Crippen LogP contribution in [0.2, 0.25) is 0 Å². The van der Waals surface area contributed by atoms with Gasteiger partial charge in [0.25, 0.3) is 5.91 Å². The first-order valence-electron chi connectivity index (χ1n) is 6.56. The molecule has 0 radical (unpaired) electrons. The normalized spacial score (nSPS) is 17.5. The Morgan fingerprint density at radius 3 is 2.76 bits per heavy atom. The molecule has 1 aromatic carbocycles. The first-order chi connectivity index (χ1) is 10.0. The molecule has 0 unspecified atom stereocenters. The summed E-state index contributed by atoms with van der Waals surface area (Å²) in [7, 11) is 0. The minimum absolute atomic E-state index is 0.0301. The number of alkyl halides is 3. The maximum absolute atomic E-state index is 12.3. The van der Waals surface area contributed by atoms with Gasteiger partial charge in [0.15, 0.2) is 0 Å². The number of nitrogens with one attached hydrogen (secondary N) is 1. The largest absolute Gasteiger partial charge is 0.435 e. The monoisotopic (exact) mass is 363 g/mol. The molecule has 7 heteroatoms. The van der Waals surface area contributed by atoms with Gasteiger partial charge in [-0.15, -0.1) is 0 Å². The smallest absolute Gasteiger partial charge is 0.387 e. The van der Waals surface area contributed by atoms with Crippen molar-refractivity contribution in [2.75, 3.05) is 18.5 Å². The molecule has 4 nitrogen and oxygen atoms in total. The van der Waals surface area contributed by atoms with E-state index >= 15 is 0 Å². The zero-order valence-electron chi connectivity index (χ0n) is 11.3. The number of halogens is 3. The molecule has 0 aliphatic carbocycles. The molecule has 1 aromatic rings. The van der Waals surface area contributed by atoms with Gasteiger partial charge in [-0.1, -0.05) is 22.0 Å². The molecule has 1 saturated heterocycles. The highest BCUT2D eigenvalue weighted by molar-refractivity contribution is 9.09. The van der Waals surface area contributed by atoms with E-state index in [0.717, 1.165) is 0 Å². The Kier molecular flexibility index (Phi) is 5.52. The van der Waals surface area contributed by atoms with Crippen molar-refractivity contribution in [3.05, 3.63) is 29.8 Å². The van der Waals surface area contributed by atoms with E-state index in [1.54, 1.807) is 6.07 Å². The van der Waals surface area contributed by atoms with Crippen molar-refractivity contribution in [2.45, 2.75) is 25.0 Å². The standard InChI is InChI=1S/C14H16BrF2NO3/c15-9-14(4-6-20-7-5-14)18-12(19)10-2-1-3-11(8-10)21-13(16)17/h1-3,8,13H,4-7,9H2,(H,18,19). The Labute approximate surface area is 129 Å². The second-order valence-corrected chi connectivity index (χ2v) is 5.45. The minimum Gasteiger partial charge on any atom is -0.435 e. The highest BCUT2D eigenvalue weighted by atomic mass is 79.9. The Balaban J connectivity index is 2.08. The fourth-order valence-corrected chi connectivity index (χ4v) is 2.88. The first kappa shape index (κ1) is 16.2. The molecule has 1 heterocycles. The van der Waals surface area contributed by atoms with Gasteiger partial charge in [-0.05, 0) is 31.0 Å². The molecule has 0 atom stereocenters. The van der Waals surface area contributed by atoms with Gasteiger partial charge in [-0.3, -0.25) is 4.79 Å². The number of rotatable bonds is 5. The summed E-state index contributed by atoms with van der Waals surface area (Å²) >= 11 is 3.42. The van der Waals surface area contributed by atoms with Crippen LogP contribution in [0.15, 0.2) is 24.3 Å². The third-order valence-electron chi connectivity index (χ3n) is 3.41. The van der Waals surface area contributed by atoms with Crippen molar-refractivity contribution < 1.29 is 23.0 Å². The van der Waals surface area contributed by atoms with Crippen LogP contribution in [-0.4, -0.2) is 36.6 Å². The van der Waals surface area contributed by atoms with Gasteiger partial charge in [0.2, 0.25) is 0 Å². The quantitative estimate of drug-likeness (QED) is 0.818. The van der Waals surface area contributed by atoms with Crippen molar-refractivity contribution in [1.82, 2.24) is 5.32 Å². The number of hydrogen-bond acceptors (Lipinski definition) is 3. The van der Waals surface area contributed by atoms with Crippen LogP contribution in [0.3, 0.4) is 0 Å². The van der Waals surface area contributed by atoms with Crippen molar-refractivity contribution in [1.29, 1.82) is 0 Å². The van der Waals surface area contributed by atoms with Crippen molar-refractivity contribution in [2.24, 2.45) is 0 Å². The van der Waals surface area contributed by atoms with Crippen LogP contribution in [0.1, 0.15) is 23.2 Å². The van der Waals surface area contributed by atoms with Gasteiger partial charge in [-0.2, -0.15) is 8.78 Å². The third kappa shape index (κ3) is 4.38. The summed E-state index contributed by atoms with van der Waals surface area (Å²) in [6, 6.07) is 5.77. The van der Waals surface area contributed by atoms with E-state index < -0.39 is 6.61 Å². The topological polar surface area (TPSA) is 47.6 Å². The number of carbonyl (C=O) groups is 1. The van der Waals surface area contributed by atoms with E-state index in [2.05, 4.69) is 26.0 Å². The molecule has 1 aliphatic rings. The second-order valence-electron chi connectivity index (χ2n) is 4.89. The zero-order valence-corrected chi connectivity index (χ0v) is 12.9. The fraction of sp³-hybridized carbons (Fsp3) is 0.500. The van der Waals surface area contributed by atoms with Crippen LogP contribution in [0.25, 0.3) is 0 Å². The first-order valence-corrected chi connectivity index (χ1v) is 7.68. The molecule has 1 amide bonds. The Bertz CT molecular complexity index is 493. The zero-order chi connectivity index (χ0) is 15.3. The third-order valence-corrected chi connectivity index (χ3v) is 4.48. The summed E-state index contributed by atoms with van der Waals surface area (Å²) in [4.78, 5) is 12.3. The molecule has 1 aliphatic heterocycles. The molecule has 0 bridgehead atoms. The minimum atomic E-state index is -2.91. The van der Waals surface area contributed by atoms with Crippen LogP contribution >= 0.6 is 15.9 Å². The lowest BCUT2D eigenvalue weighted by Crippen LogP contribution is -2.53. The van der Waals surface area contributed by atoms with Gasteiger partial charge in [0.05, 0.1) is 5.54 Å². The number of ether oxygens (including phenoxy) is 2. The number of hydrogen-bond donors (Lipinski definition) is 1. The van der Waals surface area contributed by atoms with Crippen LogP contribution in [0, 0.1) is 0 Å². The average Bonchev–Trinajstić information content (AvgIpc) is 2.48. The molecule has 2 rings (SSSR count). The molecule has 21 heavy (non-hydrogen) atoms. The van der Waals surface area contributed by atoms with Gasteiger partial charge in [0, 0.05) is 24.1 Å². The van der Waals surface area contributed by atoms with Crippen molar-refractivity contribution >= 4 is 21.8 Å². The lowest BCUT2D eigenvalue weighted by Gasteiger charge is -2.36. The average molecular weight is 364 g/mol. The molecule has 0 aromatic heterocycles. The summed E-state index contributed by atoms with van der Waals surface area (Å²) in [6.45, 7) is -1.74. The summed E-state index contributed by atoms with van der Waals surface area (Å²) in [5.74, 6) is -0.339. The van der Waals surface area contributed by atoms with Crippen LogP contribution in [0.4, 0.5) is 8.78 Å². The number of amides is 1. The SMILES string of the molecule is O=C(NC1(CBr)CCOCC1)c1cccc(OC(F)F)c1. The van der Waals surface area contributed by atoms with Crippen LogP contribution in [0.5, 0.6) is 5.75 Å². The van der Waals surface area contributed by atoms with Crippen molar-refractivity contribution in [3.8, 4) is 5.75 Å². The predicted octanol–water partition coefficient (Wildman–Crippen LogP) is 2.96. The molecular formula is C14H16BrF2NO3. The fourth-order valence-electron chi connectivity index (χ4n) is 2.18. The molecule has 1 N–H and O–H groups in total. The molecular weight excluding hydrogens is 348 g/mol. The van der Waals surface area contributed by atoms with Gasteiger partial charge >= 0.3 is 6.61 Å². The Morgan fingerprint density at radius 2 is 2.14 bits per heavy atom. The van der Waals surface area contributed by atoms with Crippen molar-refractivity contribution in [3.63, 3.8) is 0 Å². The maximum Gasteiger partial charge on any atom is 0.387 e. The van der Waals surface area contributed by atoms with Gasteiger partial charge in [-0.25, -0.2) is 0 Å². The Hall–Kier alpha value is -1.21. The highest BCUT2D eigenvalue weighted by Crippen LogP contribution is 2.24. The molecule has 0 saturated carbocycles. The predicted molar refractivity (Wildman–Crippen MR) is 77.1 cm³/mol. The molecule has 116 valence electrons. The highest BCUT2D eigenvalue weighted by Gasteiger charge is 2.33. The van der Waals surface area contributed by atoms with Crippen LogP contribution < -0.4 is 10.1 Å². The van der Waals surface area contributed by atoms with E-state index in [9.17, 15) is 13.6 Å². The Morgan fingerprint density at radius 1 is 1.43 bits per heavy atom. The van der Waals surface area contributed by atoms with E-state index in [-0.39, 0.29) is 17.2 Å². The summed E-state index contributed by atoms with van der Waals surface area (Å²) in [6.07, 6.45) is 1.41. The van der Waals surface area contributed by atoms with E-state index in [1.807, 2.05) is 0 Å². The lowest BCUT2D eigenvalue weighted by atomic mass is 9.92. The summed E-state index contributed by atoms with van der Waals surface area (Å²) in [5, 5.41) is 3.58. The van der Waals surface area contributed by atoms with Gasteiger partial charge < -0.3 is 14.8 Å². The lowest BCUT2D eigenvalue weighted by molar-refractivity contribution is -0.0499. The summed E-state index contributed by atoms with van der Waals surface area (Å²) in [5.41, 5.74) is -0.0745. The van der Waals surface area contributed by atoms with Gasteiger partial charge in [0.1, 0.15) is 5.75 Å². The maximum atomic E-state index is 12.3. The molecule has 0 spiro atoms. The van der Waals surface area contributed by atoms with E-state index in [0.29, 0.717) is 36.9 Å². The van der Waals surface area contributed by atoms with E-state index in [4.69, 9.17) is 4.74 Å².